The molecule has 1 fully saturated rings. The quantitative estimate of drug-likeness (QED) is 0.584. The summed E-state index contributed by atoms with van der Waals surface area (Å²) in [5, 5.41) is 12.4. The number of carbonyl (C=O) groups is 1. The van der Waals surface area contributed by atoms with Crippen LogP contribution in [0.1, 0.15) is 35.4 Å². The zero-order valence-corrected chi connectivity index (χ0v) is 17.9. The summed E-state index contributed by atoms with van der Waals surface area (Å²) in [6.45, 7) is 5.00. The van der Waals surface area contributed by atoms with Crippen LogP contribution >= 0.6 is 0 Å². The Balaban J connectivity index is 1.44. The lowest BCUT2D eigenvalue weighted by atomic mass is 9.87. The van der Waals surface area contributed by atoms with E-state index in [0.29, 0.717) is 24.8 Å². The number of benzene rings is 2. The maximum atomic E-state index is 11.3. The molecule has 0 spiro atoms. The van der Waals surface area contributed by atoms with Crippen LogP contribution in [-0.4, -0.2) is 28.6 Å². The van der Waals surface area contributed by atoms with Gasteiger partial charge >= 0.3 is 5.97 Å². The summed E-state index contributed by atoms with van der Waals surface area (Å²) >= 11 is 0. The van der Waals surface area contributed by atoms with Gasteiger partial charge < -0.3 is 19.6 Å². The summed E-state index contributed by atoms with van der Waals surface area (Å²) in [5.41, 5.74) is 4.01. The first kappa shape index (κ1) is 21.1. The van der Waals surface area contributed by atoms with Gasteiger partial charge in [-0.05, 0) is 69.3 Å². The van der Waals surface area contributed by atoms with E-state index in [9.17, 15) is 9.90 Å². The molecule has 162 valence electrons. The summed E-state index contributed by atoms with van der Waals surface area (Å²) < 4.78 is 12.0. The Labute approximate surface area is 182 Å². The minimum atomic E-state index is -0.778. The second-order valence-corrected chi connectivity index (χ2v) is 8.22. The Morgan fingerprint density at radius 1 is 1.19 bits per heavy atom. The van der Waals surface area contributed by atoms with E-state index >= 15 is 0 Å². The number of carboxylic acid groups (broad SMARTS) is 1. The largest absolute Gasteiger partial charge is 0.487 e. The Morgan fingerprint density at radius 3 is 2.74 bits per heavy atom. The van der Waals surface area contributed by atoms with E-state index in [4.69, 9.17) is 9.15 Å². The second kappa shape index (κ2) is 9.35. The van der Waals surface area contributed by atoms with Gasteiger partial charge in [0.2, 0.25) is 5.89 Å². The normalized spacial score (nSPS) is 18.6. The van der Waals surface area contributed by atoms with Crippen molar-refractivity contribution in [2.24, 2.45) is 5.92 Å². The van der Waals surface area contributed by atoms with E-state index in [0.717, 1.165) is 47.7 Å². The predicted molar refractivity (Wildman–Crippen MR) is 118 cm³/mol. The van der Waals surface area contributed by atoms with Gasteiger partial charge in [0.1, 0.15) is 29.9 Å². The first-order valence-corrected chi connectivity index (χ1v) is 10.7. The van der Waals surface area contributed by atoms with Crippen molar-refractivity contribution in [3.05, 3.63) is 71.1 Å². The van der Waals surface area contributed by atoms with Crippen LogP contribution < -0.4 is 10.1 Å². The maximum Gasteiger partial charge on any atom is 0.320 e. The minimum Gasteiger partial charge on any atom is -0.487 e. The highest BCUT2D eigenvalue weighted by Crippen LogP contribution is 2.28. The fraction of sp³-hybridized carbons (Fsp3) is 0.360. The molecule has 1 saturated heterocycles. The van der Waals surface area contributed by atoms with E-state index in [2.05, 4.69) is 16.4 Å². The molecule has 1 aliphatic rings. The number of carboxylic acids is 1. The zero-order chi connectivity index (χ0) is 21.8. The number of ether oxygens (including phenoxy) is 1. The van der Waals surface area contributed by atoms with Gasteiger partial charge in [0.25, 0.3) is 0 Å². The molecular formula is C25H28N2O4. The molecule has 0 aliphatic carbocycles. The number of aromatic nitrogens is 1. The Kier molecular flexibility index (Phi) is 6.37. The van der Waals surface area contributed by atoms with Gasteiger partial charge in [0.15, 0.2) is 0 Å². The molecule has 31 heavy (non-hydrogen) atoms. The third-order valence-corrected chi connectivity index (χ3v) is 5.85. The Hall–Kier alpha value is -3.12. The topological polar surface area (TPSA) is 84.6 Å². The third kappa shape index (κ3) is 5.14. The first-order chi connectivity index (χ1) is 15.0. The van der Waals surface area contributed by atoms with Gasteiger partial charge in [0.05, 0.1) is 0 Å². The number of para-hydroxylation sites is 1. The van der Waals surface area contributed by atoms with Crippen molar-refractivity contribution < 1.29 is 19.1 Å². The first-order valence-electron chi connectivity index (χ1n) is 10.7. The predicted octanol–water partition coefficient (Wildman–Crippen LogP) is 4.53. The number of aliphatic carboxylic acids is 1. The van der Waals surface area contributed by atoms with Crippen LogP contribution in [0.3, 0.4) is 0 Å². The number of oxazole rings is 1. The molecular weight excluding hydrogens is 392 g/mol. The second-order valence-electron chi connectivity index (χ2n) is 8.22. The number of piperidine rings is 1. The van der Waals surface area contributed by atoms with E-state index in [1.807, 2.05) is 56.3 Å². The van der Waals surface area contributed by atoms with Crippen molar-refractivity contribution in [2.45, 2.75) is 45.8 Å². The van der Waals surface area contributed by atoms with Gasteiger partial charge in [0, 0.05) is 5.56 Å². The van der Waals surface area contributed by atoms with Gasteiger partial charge in [-0.15, -0.1) is 0 Å². The van der Waals surface area contributed by atoms with Gasteiger partial charge in [-0.25, -0.2) is 4.98 Å². The summed E-state index contributed by atoms with van der Waals surface area (Å²) in [6, 6.07) is 15.6. The standard InChI is InChI=1S/C25H28N2O4/c1-16-7-9-19(10-8-16)24-27-22(17(2)31-24)15-30-23-6-4-3-5-20(23)13-18-11-12-26-21(14-18)25(28)29/h3-10,18,21,26H,11-15H2,1-2H3,(H,28,29)/t18?,21-/m0/s1. The molecule has 6 nitrogen and oxygen atoms in total. The lowest BCUT2D eigenvalue weighted by Crippen LogP contribution is -2.43. The summed E-state index contributed by atoms with van der Waals surface area (Å²) in [6.07, 6.45) is 2.39. The maximum absolute atomic E-state index is 11.3. The van der Waals surface area contributed by atoms with E-state index in [-0.39, 0.29) is 0 Å². The summed E-state index contributed by atoms with van der Waals surface area (Å²) in [4.78, 5) is 16.0. The molecule has 2 heterocycles. The van der Waals surface area contributed by atoms with Crippen LogP contribution in [-0.2, 0) is 17.8 Å². The molecule has 1 aliphatic heterocycles. The Bertz CT molecular complexity index is 1040. The molecule has 4 rings (SSSR count). The van der Waals surface area contributed by atoms with Crippen molar-refractivity contribution in [3.63, 3.8) is 0 Å². The molecule has 6 heteroatoms. The molecule has 0 amide bonds. The number of nitrogens with one attached hydrogen (secondary N) is 1. The van der Waals surface area contributed by atoms with Crippen LogP contribution in [0, 0.1) is 19.8 Å². The van der Waals surface area contributed by atoms with Crippen LogP contribution in [0.5, 0.6) is 5.75 Å². The van der Waals surface area contributed by atoms with Crippen LogP contribution in [0.15, 0.2) is 52.9 Å². The van der Waals surface area contributed by atoms with E-state index in [1.165, 1.54) is 5.56 Å². The average molecular weight is 421 g/mol. The highest BCUT2D eigenvalue weighted by Gasteiger charge is 2.27. The molecule has 2 N–H and O–H groups in total. The smallest absolute Gasteiger partial charge is 0.320 e. The highest BCUT2D eigenvalue weighted by molar-refractivity contribution is 5.73. The molecule has 0 saturated carbocycles. The van der Waals surface area contributed by atoms with Crippen molar-refractivity contribution >= 4 is 5.97 Å². The number of hydrogen-bond acceptors (Lipinski definition) is 5. The average Bonchev–Trinajstić information content (AvgIpc) is 3.14. The fourth-order valence-corrected chi connectivity index (χ4v) is 4.02. The summed E-state index contributed by atoms with van der Waals surface area (Å²) in [7, 11) is 0. The Morgan fingerprint density at radius 2 is 1.97 bits per heavy atom. The van der Waals surface area contributed by atoms with Gasteiger partial charge in [-0.3, -0.25) is 4.79 Å². The van der Waals surface area contributed by atoms with Crippen LogP contribution in [0.2, 0.25) is 0 Å². The molecule has 0 bridgehead atoms. The SMILES string of the molecule is Cc1ccc(-c2nc(COc3ccccc3CC3CCN[C@H](C(=O)O)C3)c(C)o2)cc1. The lowest BCUT2D eigenvalue weighted by Gasteiger charge is -2.28. The number of rotatable bonds is 7. The summed E-state index contributed by atoms with van der Waals surface area (Å²) in [5.74, 6) is 1.69. The number of aryl methyl sites for hydroxylation is 2. The molecule has 0 radical (unpaired) electrons. The van der Waals surface area contributed by atoms with Gasteiger partial charge in [-0.2, -0.15) is 0 Å². The fourth-order valence-electron chi connectivity index (χ4n) is 4.02. The van der Waals surface area contributed by atoms with Crippen molar-refractivity contribution in [1.82, 2.24) is 10.3 Å². The van der Waals surface area contributed by atoms with Crippen molar-refractivity contribution in [2.75, 3.05) is 6.54 Å². The zero-order valence-electron chi connectivity index (χ0n) is 17.9. The molecule has 2 aromatic carbocycles. The lowest BCUT2D eigenvalue weighted by molar-refractivity contribution is -0.140. The van der Waals surface area contributed by atoms with Crippen molar-refractivity contribution in [3.8, 4) is 17.2 Å². The van der Waals surface area contributed by atoms with E-state index < -0.39 is 12.0 Å². The molecule has 1 unspecified atom stereocenters. The highest BCUT2D eigenvalue weighted by atomic mass is 16.5. The number of hydrogen-bond donors (Lipinski definition) is 2. The molecule has 1 aromatic heterocycles. The molecule has 3 aromatic rings. The van der Waals surface area contributed by atoms with Gasteiger partial charge in [-0.1, -0.05) is 35.9 Å². The minimum absolute atomic E-state index is 0.314. The molecule has 2 atom stereocenters. The number of nitrogens with zero attached hydrogens (tertiary/aromatic N) is 1. The monoisotopic (exact) mass is 420 g/mol. The third-order valence-electron chi connectivity index (χ3n) is 5.85. The van der Waals surface area contributed by atoms with Crippen molar-refractivity contribution in [1.29, 1.82) is 0 Å². The van der Waals surface area contributed by atoms with Crippen LogP contribution in [0.25, 0.3) is 11.5 Å². The van der Waals surface area contributed by atoms with E-state index in [1.54, 1.807) is 0 Å². The van der Waals surface area contributed by atoms with Crippen LogP contribution in [0.4, 0.5) is 0 Å².